The molecule has 1 aliphatic rings. The molecule has 0 amide bonds. The molecule has 6 heteroatoms. The number of aromatic nitrogens is 2. The summed E-state index contributed by atoms with van der Waals surface area (Å²) in [6.45, 7) is 8.13. The highest BCUT2D eigenvalue weighted by atomic mass is 32.2. The lowest BCUT2D eigenvalue weighted by Crippen LogP contribution is -2.30. The number of rotatable bonds is 5. The second-order valence-corrected chi connectivity index (χ2v) is 8.00. The number of thiocyanates is 1. The second kappa shape index (κ2) is 7.61. The van der Waals surface area contributed by atoms with E-state index in [9.17, 15) is 0 Å². The van der Waals surface area contributed by atoms with Crippen molar-refractivity contribution in [3.8, 4) is 5.40 Å². The standard InChI is InChI=1S/C19H23N3O2S/c1-19(2,3)17-9-18(25-13-20)21-22(17)15-11-23-12-16(15)24-10-14-7-5-4-6-8-14/h4-9,15-16H,10-12H2,1-3H3/t15-,16-/m0/s1. The molecule has 132 valence electrons. The van der Waals surface area contributed by atoms with Crippen LogP contribution in [-0.2, 0) is 21.5 Å². The van der Waals surface area contributed by atoms with E-state index in [1.807, 2.05) is 28.9 Å². The molecule has 0 unspecified atom stereocenters. The van der Waals surface area contributed by atoms with E-state index < -0.39 is 0 Å². The fourth-order valence-electron chi connectivity index (χ4n) is 2.97. The van der Waals surface area contributed by atoms with Gasteiger partial charge in [-0.3, -0.25) is 4.68 Å². The van der Waals surface area contributed by atoms with E-state index in [0.717, 1.165) is 28.0 Å². The van der Waals surface area contributed by atoms with E-state index in [1.165, 1.54) is 0 Å². The Morgan fingerprint density at radius 2 is 2.08 bits per heavy atom. The van der Waals surface area contributed by atoms with Crippen molar-refractivity contribution in [1.82, 2.24) is 9.78 Å². The normalized spacial score (nSPS) is 20.6. The Bertz CT molecular complexity index is 746. The number of ether oxygens (including phenoxy) is 2. The maximum absolute atomic E-state index is 8.96. The molecule has 1 aliphatic heterocycles. The highest BCUT2D eigenvalue weighted by molar-refractivity contribution is 8.03. The minimum atomic E-state index is -0.0756. The molecule has 1 saturated heterocycles. The number of hydrogen-bond donors (Lipinski definition) is 0. The van der Waals surface area contributed by atoms with Crippen LogP contribution in [0.25, 0.3) is 0 Å². The van der Waals surface area contributed by atoms with Gasteiger partial charge in [0.15, 0.2) is 0 Å². The van der Waals surface area contributed by atoms with Gasteiger partial charge in [-0.05, 0) is 11.6 Å². The first kappa shape index (κ1) is 18.0. The molecule has 0 radical (unpaired) electrons. The summed E-state index contributed by atoms with van der Waals surface area (Å²) in [5.74, 6) is 0. The summed E-state index contributed by atoms with van der Waals surface area (Å²) in [5, 5.41) is 16.4. The first-order valence-corrected chi connectivity index (χ1v) is 9.20. The Morgan fingerprint density at radius 3 is 2.76 bits per heavy atom. The van der Waals surface area contributed by atoms with Gasteiger partial charge in [-0.25, -0.2) is 0 Å². The lowest BCUT2D eigenvalue weighted by molar-refractivity contribution is 0.0141. The fraction of sp³-hybridized carbons (Fsp3) is 0.474. The monoisotopic (exact) mass is 357 g/mol. The van der Waals surface area contributed by atoms with Crippen molar-refractivity contribution in [3.05, 3.63) is 47.7 Å². The van der Waals surface area contributed by atoms with Gasteiger partial charge in [-0.2, -0.15) is 10.4 Å². The van der Waals surface area contributed by atoms with Crippen LogP contribution in [0.2, 0.25) is 0 Å². The molecule has 25 heavy (non-hydrogen) atoms. The van der Waals surface area contributed by atoms with Crippen LogP contribution in [0.1, 0.15) is 38.1 Å². The SMILES string of the molecule is CC(C)(C)c1cc(SC#N)nn1[C@H]1COC[C@@H]1OCc1ccccc1. The van der Waals surface area contributed by atoms with E-state index in [-0.39, 0.29) is 17.6 Å². The van der Waals surface area contributed by atoms with Gasteiger partial charge in [0, 0.05) is 22.9 Å². The van der Waals surface area contributed by atoms with Gasteiger partial charge in [0.05, 0.1) is 19.8 Å². The summed E-state index contributed by atoms with van der Waals surface area (Å²) < 4.78 is 13.8. The first-order chi connectivity index (χ1) is 12.0. The van der Waals surface area contributed by atoms with Crippen LogP contribution in [-0.4, -0.2) is 29.1 Å². The molecule has 3 rings (SSSR count). The van der Waals surface area contributed by atoms with Gasteiger partial charge in [0.1, 0.15) is 22.6 Å². The molecule has 2 aromatic rings. The molecule has 2 heterocycles. The van der Waals surface area contributed by atoms with Crippen LogP contribution in [0, 0.1) is 10.7 Å². The molecule has 1 fully saturated rings. The maximum Gasteiger partial charge on any atom is 0.140 e. The molecular formula is C19H23N3O2S. The van der Waals surface area contributed by atoms with Crippen LogP contribution >= 0.6 is 11.8 Å². The van der Waals surface area contributed by atoms with E-state index in [0.29, 0.717) is 19.8 Å². The highest BCUT2D eigenvalue weighted by Crippen LogP contribution is 2.32. The summed E-state index contributed by atoms with van der Waals surface area (Å²) >= 11 is 1.09. The number of benzene rings is 1. The molecular weight excluding hydrogens is 334 g/mol. The van der Waals surface area contributed by atoms with Gasteiger partial charge in [0.25, 0.3) is 0 Å². The summed E-state index contributed by atoms with van der Waals surface area (Å²) in [5.41, 5.74) is 2.16. The number of nitrogens with zero attached hydrogens (tertiary/aromatic N) is 3. The molecule has 0 aliphatic carbocycles. The predicted molar refractivity (Wildman–Crippen MR) is 97.3 cm³/mol. The number of hydrogen-bond acceptors (Lipinski definition) is 5. The summed E-state index contributed by atoms with van der Waals surface area (Å²) in [6.07, 6.45) is -0.0545. The van der Waals surface area contributed by atoms with Crippen molar-refractivity contribution in [3.63, 3.8) is 0 Å². The third kappa shape index (κ3) is 4.24. The minimum absolute atomic E-state index is 0.0194. The van der Waals surface area contributed by atoms with E-state index in [1.54, 1.807) is 0 Å². The van der Waals surface area contributed by atoms with Gasteiger partial charge in [-0.15, -0.1) is 0 Å². The van der Waals surface area contributed by atoms with Gasteiger partial charge >= 0.3 is 0 Å². The molecule has 5 nitrogen and oxygen atoms in total. The molecule has 0 spiro atoms. The lowest BCUT2D eigenvalue weighted by atomic mass is 9.91. The molecule has 1 aromatic carbocycles. The largest absolute Gasteiger partial charge is 0.376 e. The van der Waals surface area contributed by atoms with Crippen LogP contribution in [0.3, 0.4) is 0 Å². The Balaban J connectivity index is 1.80. The van der Waals surface area contributed by atoms with Crippen molar-refractivity contribution in [1.29, 1.82) is 5.26 Å². The van der Waals surface area contributed by atoms with Crippen LogP contribution in [0.5, 0.6) is 0 Å². The molecule has 0 N–H and O–H groups in total. The van der Waals surface area contributed by atoms with Gasteiger partial charge in [0.2, 0.25) is 0 Å². The average Bonchev–Trinajstić information content (AvgIpc) is 3.20. The van der Waals surface area contributed by atoms with Gasteiger partial charge < -0.3 is 9.47 Å². The number of thioether (sulfide) groups is 1. The Morgan fingerprint density at radius 1 is 1.32 bits per heavy atom. The van der Waals surface area contributed by atoms with Crippen LogP contribution in [0.15, 0.2) is 41.4 Å². The number of nitriles is 1. The Hall–Kier alpha value is -1.81. The first-order valence-electron chi connectivity index (χ1n) is 8.38. The molecule has 0 saturated carbocycles. The van der Waals surface area contributed by atoms with Crippen molar-refractivity contribution in [2.45, 2.75) is 50.0 Å². The Labute approximate surface area is 152 Å². The third-order valence-corrected chi connectivity index (χ3v) is 4.75. The Kier molecular flexibility index (Phi) is 5.48. The molecule has 1 aromatic heterocycles. The van der Waals surface area contributed by atoms with Gasteiger partial charge in [-0.1, -0.05) is 51.1 Å². The summed E-state index contributed by atoms with van der Waals surface area (Å²) in [7, 11) is 0. The van der Waals surface area contributed by atoms with Crippen LogP contribution < -0.4 is 0 Å². The van der Waals surface area contributed by atoms with Crippen molar-refractivity contribution in [2.75, 3.05) is 13.2 Å². The zero-order valence-corrected chi connectivity index (χ0v) is 15.6. The zero-order chi connectivity index (χ0) is 17.9. The minimum Gasteiger partial charge on any atom is -0.376 e. The van der Waals surface area contributed by atoms with Crippen molar-refractivity contribution < 1.29 is 9.47 Å². The summed E-state index contributed by atoms with van der Waals surface area (Å²) in [4.78, 5) is 0. The van der Waals surface area contributed by atoms with Crippen molar-refractivity contribution in [2.24, 2.45) is 0 Å². The smallest absolute Gasteiger partial charge is 0.140 e. The van der Waals surface area contributed by atoms with E-state index in [2.05, 4.69) is 43.4 Å². The second-order valence-electron chi connectivity index (χ2n) is 7.20. The maximum atomic E-state index is 8.96. The highest BCUT2D eigenvalue weighted by Gasteiger charge is 2.35. The zero-order valence-electron chi connectivity index (χ0n) is 14.8. The fourth-order valence-corrected chi connectivity index (χ4v) is 3.36. The molecule has 0 bridgehead atoms. The van der Waals surface area contributed by atoms with Crippen LogP contribution in [0.4, 0.5) is 0 Å². The van der Waals surface area contributed by atoms with Crippen molar-refractivity contribution >= 4 is 11.8 Å². The quantitative estimate of drug-likeness (QED) is 0.600. The average molecular weight is 357 g/mol. The topological polar surface area (TPSA) is 60.1 Å². The lowest BCUT2D eigenvalue weighted by Gasteiger charge is -2.26. The summed E-state index contributed by atoms with van der Waals surface area (Å²) in [6, 6.07) is 12.2. The van der Waals surface area contributed by atoms with E-state index in [4.69, 9.17) is 14.7 Å². The molecule has 2 atom stereocenters. The third-order valence-electron chi connectivity index (χ3n) is 4.25. The van der Waals surface area contributed by atoms with E-state index >= 15 is 0 Å². The predicted octanol–water partition coefficient (Wildman–Crippen LogP) is 3.91.